The highest BCUT2D eigenvalue weighted by molar-refractivity contribution is 5.84. The molecular formula is C12H15NO2. The van der Waals surface area contributed by atoms with Crippen molar-refractivity contribution in [1.29, 1.82) is 0 Å². The van der Waals surface area contributed by atoms with Crippen LogP contribution in [0.3, 0.4) is 0 Å². The van der Waals surface area contributed by atoms with Gasteiger partial charge in [-0.15, -0.1) is 0 Å². The molecule has 1 heterocycles. The summed E-state index contributed by atoms with van der Waals surface area (Å²) < 4.78 is 1.51. The fraction of sp³-hybridized carbons (Fsp3) is 0.250. The molecule has 1 aromatic heterocycles. The second-order valence-corrected chi connectivity index (χ2v) is 2.94. The third-order valence-electron chi connectivity index (χ3n) is 2.13. The Hall–Kier alpha value is -1.77. The summed E-state index contributed by atoms with van der Waals surface area (Å²) in [6.07, 6.45) is 0. The molecule has 2 rings (SSSR count). The predicted octanol–water partition coefficient (Wildman–Crippen LogP) is 2.27. The van der Waals surface area contributed by atoms with Crippen LogP contribution in [-0.2, 0) is 7.05 Å². The van der Waals surface area contributed by atoms with Crippen LogP contribution in [0.5, 0.6) is 5.75 Å². The molecule has 1 aromatic carbocycles. The molecule has 0 aliphatic rings. The summed E-state index contributed by atoms with van der Waals surface area (Å²) in [5.41, 5.74) is 0.545. The van der Waals surface area contributed by atoms with Gasteiger partial charge in [0.05, 0.1) is 5.52 Å². The second kappa shape index (κ2) is 4.64. The molecule has 0 saturated heterocycles. The van der Waals surface area contributed by atoms with Crippen LogP contribution >= 0.6 is 0 Å². The minimum absolute atomic E-state index is 0.0405. The molecule has 0 aliphatic heterocycles. The van der Waals surface area contributed by atoms with Gasteiger partial charge in [0, 0.05) is 18.5 Å². The number of fused-ring (bicyclic) bond motifs is 1. The lowest BCUT2D eigenvalue weighted by Gasteiger charge is -2.04. The number of aromatic nitrogens is 1. The van der Waals surface area contributed by atoms with E-state index < -0.39 is 0 Å². The lowest BCUT2D eigenvalue weighted by Crippen LogP contribution is -2.15. The van der Waals surface area contributed by atoms with E-state index in [0.717, 1.165) is 5.52 Å². The van der Waals surface area contributed by atoms with Crippen molar-refractivity contribution in [2.24, 2.45) is 7.05 Å². The van der Waals surface area contributed by atoms with Crippen LogP contribution in [0.25, 0.3) is 10.9 Å². The second-order valence-electron chi connectivity index (χ2n) is 2.94. The maximum atomic E-state index is 11.3. The zero-order valence-corrected chi connectivity index (χ0v) is 9.19. The van der Waals surface area contributed by atoms with Crippen LogP contribution in [0, 0.1) is 0 Å². The van der Waals surface area contributed by atoms with Gasteiger partial charge >= 0.3 is 0 Å². The normalized spacial score (nSPS) is 9.53. The third-order valence-corrected chi connectivity index (χ3v) is 2.13. The molecule has 3 nitrogen and oxygen atoms in total. The van der Waals surface area contributed by atoms with Crippen molar-refractivity contribution in [1.82, 2.24) is 4.57 Å². The summed E-state index contributed by atoms with van der Waals surface area (Å²) in [5.74, 6) is 0.0405. The zero-order valence-electron chi connectivity index (χ0n) is 9.19. The summed E-state index contributed by atoms with van der Waals surface area (Å²) in [6, 6.07) is 8.47. The van der Waals surface area contributed by atoms with E-state index in [4.69, 9.17) is 0 Å². The molecule has 0 radical (unpaired) electrons. The zero-order chi connectivity index (χ0) is 11.4. The number of hydrogen-bond acceptors (Lipinski definition) is 2. The minimum Gasteiger partial charge on any atom is -0.507 e. The van der Waals surface area contributed by atoms with Crippen LogP contribution in [-0.4, -0.2) is 9.67 Å². The first kappa shape index (κ1) is 11.3. The van der Waals surface area contributed by atoms with Gasteiger partial charge in [-0.1, -0.05) is 26.0 Å². The fourth-order valence-electron chi connectivity index (χ4n) is 1.39. The molecular weight excluding hydrogens is 190 g/mol. The van der Waals surface area contributed by atoms with Crippen molar-refractivity contribution < 1.29 is 5.11 Å². The minimum atomic E-state index is -0.198. The highest BCUT2D eigenvalue weighted by Crippen LogP contribution is 2.20. The third kappa shape index (κ3) is 2.01. The summed E-state index contributed by atoms with van der Waals surface area (Å²) in [5, 5.41) is 10.2. The molecule has 0 fully saturated rings. The van der Waals surface area contributed by atoms with Gasteiger partial charge in [-0.05, 0) is 12.1 Å². The van der Waals surface area contributed by atoms with Crippen molar-refractivity contribution in [3.05, 3.63) is 40.7 Å². The average molecular weight is 205 g/mol. The Balaban J connectivity index is 0.000000531. The van der Waals surface area contributed by atoms with Crippen LogP contribution < -0.4 is 5.56 Å². The molecule has 0 amide bonds. The van der Waals surface area contributed by atoms with E-state index in [1.807, 2.05) is 26.0 Å². The van der Waals surface area contributed by atoms with E-state index in [9.17, 15) is 9.90 Å². The van der Waals surface area contributed by atoms with E-state index in [0.29, 0.717) is 5.39 Å². The Morgan fingerprint density at radius 1 is 1.20 bits per heavy atom. The first-order valence-corrected chi connectivity index (χ1v) is 4.98. The summed E-state index contributed by atoms with van der Waals surface area (Å²) in [4.78, 5) is 11.3. The number of pyridine rings is 1. The molecule has 0 atom stereocenters. The molecule has 3 heteroatoms. The van der Waals surface area contributed by atoms with E-state index >= 15 is 0 Å². The standard InChI is InChI=1S/C10H9NO2.C2H6/c1-11-8-5-3-2-4-7(8)9(12)6-10(11)13;1-2/h2-6,12H,1H3;1-2H3. The summed E-state index contributed by atoms with van der Waals surface area (Å²) in [7, 11) is 1.68. The van der Waals surface area contributed by atoms with Crippen LogP contribution in [0.2, 0.25) is 0 Å². The van der Waals surface area contributed by atoms with Crippen LogP contribution in [0.1, 0.15) is 13.8 Å². The van der Waals surface area contributed by atoms with E-state index in [1.54, 1.807) is 19.2 Å². The van der Waals surface area contributed by atoms with Gasteiger partial charge in [-0.25, -0.2) is 0 Å². The SMILES string of the molecule is CC.Cn1c(=O)cc(O)c2ccccc21. The molecule has 15 heavy (non-hydrogen) atoms. The molecule has 2 aromatic rings. The Labute approximate surface area is 88.6 Å². The van der Waals surface area contributed by atoms with Gasteiger partial charge in [-0.2, -0.15) is 0 Å². The lowest BCUT2D eigenvalue weighted by molar-refractivity contribution is 0.479. The van der Waals surface area contributed by atoms with Crippen molar-refractivity contribution in [2.45, 2.75) is 13.8 Å². The highest BCUT2D eigenvalue weighted by Gasteiger charge is 2.02. The number of rotatable bonds is 0. The number of hydrogen-bond donors (Lipinski definition) is 1. The smallest absolute Gasteiger partial charge is 0.254 e. The number of nitrogens with zero attached hydrogens (tertiary/aromatic N) is 1. The molecule has 0 aliphatic carbocycles. The van der Waals surface area contributed by atoms with Gasteiger partial charge in [0.15, 0.2) is 0 Å². The maximum Gasteiger partial charge on any atom is 0.254 e. The van der Waals surface area contributed by atoms with Crippen molar-refractivity contribution in [3.63, 3.8) is 0 Å². The molecule has 0 unspecified atom stereocenters. The monoisotopic (exact) mass is 205 g/mol. The quantitative estimate of drug-likeness (QED) is 0.716. The fourth-order valence-corrected chi connectivity index (χ4v) is 1.39. The van der Waals surface area contributed by atoms with Gasteiger partial charge in [0.1, 0.15) is 5.75 Å². The van der Waals surface area contributed by atoms with Crippen LogP contribution in [0.4, 0.5) is 0 Å². The first-order chi connectivity index (χ1) is 7.20. The van der Waals surface area contributed by atoms with Crippen molar-refractivity contribution >= 4 is 10.9 Å². The highest BCUT2D eigenvalue weighted by atomic mass is 16.3. The van der Waals surface area contributed by atoms with Gasteiger partial charge in [0.2, 0.25) is 0 Å². The Morgan fingerprint density at radius 3 is 2.47 bits per heavy atom. The van der Waals surface area contributed by atoms with Crippen LogP contribution in [0.15, 0.2) is 35.1 Å². The molecule has 0 bridgehead atoms. The largest absolute Gasteiger partial charge is 0.507 e. The predicted molar refractivity (Wildman–Crippen MR) is 62.2 cm³/mol. The molecule has 0 spiro atoms. The van der Waals surface area contributed by atoms with E-state index in [-0.39, 0.29) is 11.3 Å². The average Bonchev–Trinajstić information content (AvgIpc) is 2.29. The van der Waals surface area contributed by atoms with Crippen molar-refractivity contribution in [2.75, 3.05) is 0 Å². The molecule has 0 saturated carbocycles. The number of aryl methyl sites for hydroxylation is 1. The van der Waals surface area contributed by atoms with E-state index in [1.165, 1.54) is 10.6 Å². The van der Waals surface area contributed by atoms with Gasteiger partial charge < -0.3 is 9.67 Å². The lowest BCUT2D eigenvalue weighted by atomic mass is 10.2. The Kier molecular flexibility index (Phi) is 3.50. The molecule has 1 N–H and O–H groups in total. The number of benzene rings is 1. The summed E-state index contributed by atoms with van der Waals surface area (Å²) in [6.45, 7) is 4.00. The van der Waals surface area contributed by atoms with Gasteiger partial charge in [0.25, 0.3) is 5.56 Å². The first-order valence-electron chi connectivity index (χ1n) is 4.98. The Morgan fingerprint density at radius 2 is 1.80 bits per heavy atom. The summed E-state index contributed by atoms with van der Waals surface area (Å²) >= 11 is 0. The van der Waals surface area contributed by atoms with E-state index in [2.05, 4.69) is 0 Å². The van der Waals surface area contributed by atoms with Gasteiger partial charge in [-0.3, -0.25) is 4.79 Å². The Bertz CT molecular complexity index is 515. The van der Waals surface area contributed by atoms with Crippen molar-refractivity contribution in [3.8, 4) is 5.75 Å². The number of para-hydroxylation sites is 1. The maximum absolute atomic E-state index is 11.3. The topological polar surface area (TPSA) is 42.2 Å². The molecule has 80 valence electrons. The number of aromatic hydroxyl groups is 1.